The number of nitrogens with one attached hydrogen (secondary N) is 1. The fraction of sp³-hybridized carbons (Fsp3) is 0.579. The quantitative estimate of drug-likeness (QED) is 0.224. The zero-order chi connectivity index (χ0) is 19.4. The van der Waals surface area contributed by atoms with Crippen molar-refractivity contribution in [3.8, 4) is 0 Å². The van der Waals surface area contributed by atoms with Crippen molar-refractivity contribution in [3.05, 3.63) is 35.9 Å². The summed E-state index contributed by atoms with van der Waals surface area (Å²) in [4.78, 5) is 24.4. The first kappa shape index (κ1) is 23.1. The van der Waals surface area contributed by atoms with Gasteiger partial charge in [-0.15, -0.1) is 0 Å². The number of benzene rings is 1. The van der Waals surface area contributed by atoms with Crippen LogP contribution in [0, 0.1) is 0 Å². The average Bonchev–Trinajstić information content (AvgIpc) is 2.57. The van der Waals surface area contributed by atoms with Crippen LogP contribution in [0.15, 0.2) is 30.3 Å². The van der Waals surface area contributed by atoms with E-state index in [0.29, 0.717) is 12.4 Å². The zero-order valence-corrected chi connectivity index (χ0v) is 18.6. The Balaban J connectivity index is 2.55. The first-order chi connectivity index (χ1) is 12.3. The van der Waals surface area contributed by atoms with Crippen LogP contribution in [0.2, 0.25) is 0 Å². The molecule has 0 aliphatic rings. The van der Waals surface area contributed by atoms with Gasteiger partial charge < -0.3 is 14.8 Å². The van der Waals surface area contributed by atoms with Gasteiger partial charge in [0.05, 0.1) is 6.61 Å². The van der Waals surface area contributed by atoms with Crippen LogP contribution >= 0.6 is 34.4 Å². The first-order valence-electron chi connectivity index (χ1n) is 8.65. The number of ether oxygens (including phenoxy) is 2. The Bertz CT molecular complexity index is 548. The standard InChI is InChI=1S/C19H28INO4S/c1-19(2,3)25-18(23)21-16(17(22)24-12-8-7-11-20)14-26-13-15-9-5-4-6-10-15/h4-6,9-10,16H,7-8,11-14H2,1-3H3,(H,21,23)/t16-/m0/s1. The Morgan fingerprint density at radius 3 is 2.50 bits per heavy atom. The summed E-state index contributed by atoms with van der Waals surface area (Å²) in [5, 5.41) is 2.64. The summed E-state index contributed by atoms with van der Waals surface area (Å²) in [5.74, 6) is 0.777. The molecule has 0 aliphatic carbocycles. The number of rotatable bonds is 10. The highest BCUT2D eigenvalue weighted by Crippen LogP contribution is 2.14. The Labute approximate surface area is 174 Å². The number of carbonyl (C=O) groups is 2. The van der Waals surface area contributed by atoms with Gasteiger partial charge in [0.25, 0.3) is 0 Å². The molecule has 1 N–H and O–H groups in total. The average molecular weight is 493 g/mol. The van der Waals surface area contributed by atoms with E-state index in [1.54, 1.807) is 32.5 Å². The SMILES string of the molecule is CC(C)(C)OC(=O)N[C@@H](CSCc1ccccc1)C(=O)OCCCCI. The van der Waals surface area contributed by atoms with E-state index in [-0.39, 0.29) is 0 Å². The van der Waals surface area contributed by atoms with Gasteiger partial charge in [0.15, 0.2) is 0 Å². The van der Waals surface area contributed by atoms with Gasteiger partial charge in [0, 0.05) is 11.5 Å². The van der Waals surface area contributed by atoms with E-state index in [4.69, 9.17) is 9.47 Å². The Hall–Kier alpha value is -0.960. The topological polar surface area (TPSA) is 64.6 Å². The summed E-state index contributed by atoms with van der Waals surface area (Å²) in [5.41, 5.74) is 0.555. The molecule has 0 fully saturated rings. The number of hydrogen-bond donors (Lipinski definition) is 1. The first-order valence-corrected chi connectivity index (χ1v) is 11.3. The molecular formula is C19H28INO4S. The number of amides is 1. The van der Waals surface area contributed by atoms with Crippen molar-refractivity contribution in [1.82, 2.24) is 5.32 Å². The highest BCUT2D eigenvalue weighted by Gasteiger charge is 2.25. The number of hydrogen-bond acceptors (Lipinski definition) is 5. The summed E-state index contributed by atoms with van der Waals surface area (Å²) >= 11 is 3.87. The van der Waals surface area contributed by atoms with E-state index in [1.165, 1.54) is 5.56 Å². The normalized spacial score (nSPS) is 12.3. The minimum absolute atomic E-state index is 0.373. The molecule has 26 heavy (non-hydrogen) atoms. The number of alkyl carbamates (subject to hydrolysis) is 1. The molecule has 0 radical (unpaired) electrons. The number of esters is 1. The van der Waals surface area contributed by atoms with Crippen LogP contribution in [-0.2, 0) is 20.0 Å². The fourth-order valence-corrected chi connectivity index (χ4v) is 3.50. The maximum Gasteiger partial charge on any atom is 0.408 e. The lowest BCUT2D eigenvalue weighted by Gasteiger charge is -2.23. The van der Waals surface area contributed by atoms with Crippen LogP contribution < -0.4 is 5.32 Å². The Kier molecular flexibility index (Phi) is 11.0. The highest BCUT2D eigenvalue weighted by atomic mass is 127. The molecule has 1 atom stereocenters. The van der Waals surface area contributed by atoms with E-state index >= 15 is 0 Å². The molecule has 1 aromatic rings. The van der Waals surface area contributed by atoms with Gasteiger partial charge in [-0.25, -0.2) is 9.59 Å². The molecule has 0 aliphatic heterocycles. The molecule has 0 bridgehead atoms. The lowest BCUT2D eigenvalue weighted by Crippen LogP contribution is -2.45. The van der Waals surface area contributed by atoms with Crippen LogP contribution in [0.25, 0.3) is 0 Å². The highest BCUT2D eigenvalue weighted by molar-refractivity contribution is 14.1. The predicted octanol–water partition coefficient (Wildman–Crippen LogP) is 4.57. The van der Waals surface area contributed by atoms with Gasteiger partial charge in [0.2, 0.25) is 0 Å². The molecule has 0 unspecified atom stereocenters. The second-order valence-electron chi connectivity index (χ2n) is 6.76. The van der Waals surface area contributed by atoms with Crippen molar-refractivity contribution >= 4 is 46.4 Å². The molecule has 146 valence electrons. The van der Waals surface area contributed by atoms with Crippen LogP contribution in [-0.4, -0.2) is 40.5 Å². The van der Waals surface area contributed by atoms with E-state index < -0.39 is 23.7 Å². The monoisotopic (exact) mass is 493 g/mol. The van der Waals surface area contributed by atoms with Gasteiger partial charge in [0.1, 0.15) is 11.6 Å². The van der Waals surface area contributed by atoms with E-state index in [2.05, 4.69) is 27.9 Å². The van der Waals surface area contributed by atoms with Crippen LogP contribution in [0.1, 0.15) is 39.2 Å². The van der Waals surface area contributed by atoms with Crippen LogP contribution in [0.5, 0.6) is 0 Å². The van der Waals surface area contributed by atoms with Crippen molar-refractivity contribution < 1.29 is 19.1 Å². The van der Waals surface area contributed by atoms with Crippen molar-refractivity contribution in [2.24, 2.45) is 0 Å². The minimum Gasteiger partial charge on any atom is -0.464 e. The lowest BCUT2D eigenvalue weighted by atomic mass is 10.2. The number of carbonyl (C=O) groups excluding carboxylic acids is 2. The third-order valence-electron chi connectivity index (χ3n) is 3.14. The summed E-state index contributed by atoms with van der Waals surface area (Å²) in [6, 6.07) is 9.27. The molecule has 1 aromatic carbocycles. The van der Waals surface area contributed by atoms with E-state index in [9.17, 15) is 9.59 Å². The molecule has 1 amide bonds. The van der Waals surface area contributed by atoms with Crippen LogP contribution in [0.4, 0.5) is 4.79 Å². The number of unbranched alkanes of at least 4 members (excludes halogenated alkanes) is 1. The smallest absolute Gasteiger partial charge is 0.408 e. The van der Waals surface area contributed by atoms with E-state index in [1.807, 2.05) is 30.3 Å². The van der Waals surface area contributed by atoms with Crippen molar-refractivity contribution in [1.29, 1.82) is 0 Å². The van der Waals surface area contributed by atoms with Gasteiger partial charge >= 0.3 is 12.1 Å². The molecule has 0 heterocycles. The summed E-state index contributed by atoms with van der Waals surface area (Å²) in [7, 11) is 0. The molecule has 5 nitrogen and oxygen atoms in total. The number of thioether (sulfide) groups is 1. The molecule has 0 saturated carbocycles. The largest absolute Gasteiger partial charge is 0.464 e. The van der Waals surface area contributed by atoms with Gasteiger partial charge in [-0.1, -0.05) is 52.9 Å². The zero-order valence-electron chi connectivity index (χ0n) is 15.6. The van der Waals surface area contributed by atoms with E-state index in [0.717, 1.165) is 23.0 Å². The third kappa shape index (κ3) is 10.9. The van der Waals surface area contributed by atoms with Gasteiger partial charge in [-0.05, 0) is 43.6 Å². The second-order valence-corrected chi connectivity index (χ2v) is 8.87. The third-order valence-corrected chi connectivity index (χ3v) is 5.01. The number of alkyl halides is 1. The Morgan fingerprint density at radius 1 is 1.19 bits per heavy atom. The maximum absolute atomic E-state index is 12.3. The summed E-state index contributed by atoms with van der Waals surface area (Å²) in [6.07, 6.45) is 1.22. The molecule has 0 saturated heterocycles. The maximum atomic E-state index is 12.3. The molecule has 0 spiro atoms. The molecule has 0 aromatic heterocycles. The number of halogens is 1. The van der Waals surface area contributed by atoms with Crippen molar-refractivity contribution in [2.45, 2.75) is 51.0 Å². The van der Waals surface area contributed by atoms with Crippen molar-refractivity contribution in [2.75, 3.05) is 16.8 Å². The van der Waals surface area contributed by atoms with Crippen LogP contribution in [0.3, 0.4) is 0 Å². The molecule has 1 rings (SSSR count). The van der Waals surface area contributed by atoms with Gasteiger partial charge in [-0.2, -0.15) is 11.8 Å². The predicted molar refractivity (Wildman–Crippen MR) is 115 cm³/mol. The summed E-state index contributed by atoms with van der Waals surface area (Å²) in [6.45, 7) is 5.73. The summed E-state index contributed by atoms with van der Waals surface area (Å²) < 4.78 is 11.6. The lowest BCUT2D eigenvalue weighted by molar-refractivity contribution is -0.145. The fourth-order valence-electron chi connectivity index (χ4n) is 1.96. The van der Waals surface area contributed by atoms with Gasteiger partial charge in [-0.3, -0.25) is 0 Å². The molecular weight excluding hydrogens is 465 g/mol. The second kappa shape index (κ2) is 12.4. The molecule has 7 heteroatoms. The minimum atomic E-state index is -0.724. The van der Waals surface area contributed by atoms with Crippen molar-refractivity contribution in [3.63, 3.8) is 0 Å². The Morgan fingerprint density at radius 2 is 1.88 bits per heavy atom.